The number of hydrogen-bond acceptors (Lipinski definition) is 5. The molecule has 0 saturated carbocycles. The normalized spacial score (nSPS) is 16.8. The van der Waals surface area contributed by atoms with E-state index in [1.807, 2.05) is 12.1 Å². The first kappa shape index (κ1) is 26.3. The molecule has 1 N–H and O–H groups in total. The minimum atomic E-state index is -4.01. The van der Waals surface area contributed by atoms with Gasteiger partial charge in [0.25, 0.3) is 0 Å². The van der Waals surface area contributed by atoms with Gasteiger partial charge < -0.3 is 10.1 Å². The van der Waals surface area contributed by atoms with Crippen LogP contribution in [0.5, 0.6) is 0 Å². The summed E-state index contributed by atoms with van der Waals surface area (Å²) < 4.78 is 57.5. The number of nitrogens with one attached hydrogen (secondary N) is 1. The molecule has 0 atom stereocenters. The van der Waals surface area contributed by atoms with E-state index in [4.69, 9.17) is 4.74 Å². The summed E-state index contributed by atoms with van der Waals surface area (Å²) in [5.41, 5.74) is 1.66. The first-order valence-electron chi connectivity index (χ1n) is 11.5. The van der Waals surface area contributed by atoms with Crippen LogP contribution in [0.15, 0.2) is 53.4 Å². The van der Waals surface area contributed by atoms with E-state index in [-0.39, 0.29) is 30.6 Å². The number of rotatable bonds is 7. The van der Waals surface area contributed by atoms with E-state index in [2.05, 4.69) is 5.32 Å². The Kier molecular flexibility index (Phi) is 7.53. The Hall–Kier alpha value is -2.32. The lowest BCUT2D eigenvalue weighted by molar-refractivity contribution is -0.159. The Bertz CT molecular complexity index is 1090. The molecule has 0 spiro atoms. The van der Waals surface area contributed by atoms with E-state index >= 15 is 0 Å². The maximum atomic E-state index is 13.7. The zero-order chi connectivity index (χ0) is 25.2. The molecule has 0 radical (unpaired) electrons. The van der Waals surface area contributed by atoms with Crippen LogP contribution in [0.25, 0.3) is 11.1 Å². The average molecular weight is 494 g/mol. The number of benzene rings is 2. The SMILES string of the molecule is CC(F)(F)CCc1ccc(-c2ccc(S(=O)(=O)C3(C(=O)OC(C)(C)C)CCNCC3)cc2)cc1. The number of piperidine rings is 1. The Morgan fingerprint density at radius 1 is 0.941 bits per heavy atom. The molecule has 186 valence electrons. The fourth-order valence-electron chi connectivity index (χ4n) is 4.06. The minimum Gasteiger partial charge on any atom is -0.459 e. The number of carbonyl (C=O) groups excluding carboxylic acids is 1. The van der Waals surface area contributed by atoms with Crippen molar-refractivity contribution >= 4 is 15.8 Å². The third-order valence-electron chi connectivity index (χ3n) is 6.00. The van der Waals surface area contributed by atoms with Gasteiger partial charge in [0.15, 0.2) is 14.6 Å². The number of aryl methyl sites for hydroxylation is 1. The second kappa shape index (κ2) is 9.74. The van der Waals surface area contributed by atoms with Gasteiger partial charge >= 0.3 is 5.97 Å². The van der Waals surface area contributed by atoms with Gasteiger partial charge in [0, 0.05) is 6.42 Å². The van der Waals surface area contributed by atoms with Gasteiger partial charge in [-0.3, -0.25) is 4.79 Å². The predicted octanol–water partition coefficient (Wildman–Crippen LogP) is 5.18. The van der Waals surface area contributed by atoms with E-state index in [0.29, 0.717) is 13.1 Å². The molecule has 1 saturated heterocycles. The first-order chi connectivity index (χ1) is 15.7. The van der Waals surface area contributed by atoms with Gasteiger partial charge in [-0.1, -0.05) is 36.4 Å². The molecule has 3 rings (SSSR count). The zero-order valence-electron chi connectivity index (χ0n) is 20.2. The summed E-state index contributed by atoms with van der Waals surface area (Å²) in [5, 5.41) is 3.12. The van der Waals surface area contributed by atoms with Gasteiger partial charge in [-0.05, 0) is 88.9 Å². The average Bonchev–Trinajstić information content (AvgIpc) is 2.77. The van der Waals surface area contributed by atoms with Crippen molar-refractivity contribution < 1.29 is 26.7 Å². The molecule has 1 fully saturated rings. The van der Waals surface area contributed by atoms with Crippen LogP contribution in [0.3, 0.4) is 0 Å². The van der Waals surface area contributed by atoms with E-state index < -0.39 is 32.1 Å². The summed E-state index contributed by atoms with van der Waals surface area (Å²) in [4.78, 5) is 13.2. The molecule has 0 unspecified atom stereocenters. The van der Waals surface area contributed by atoms with Crippen LogP contribution in [0.4, 0.5) is 8.78 Å². The molecule has 0 aromatic heterocycles. The van der Waals surface area contributed by atoms with Crippen molar-refractivity contribution in [3.05, 3.63) is 54.1 Å². The van der Waals surface area contributed by atoms with Crippen molar-refractivity contribution in [3.63, 3.8) is 0 Å². The van der Waals surface area contributed by atoms with Crippen molar-refractivity contribution in [3.8, 4) is 11.1 Å². The molecule has 2 aromatic carbocycles. The number of halogens is 2. The summed E-state index contributed by atoms with van der Waals surface area (Å²) in [6.07, 6.45) is 0.352. The number of esters is 1. The summed E-state index contributed by atoms with van der Waals surface area (Å²) in [5.74, 6) is -3.41. The molecular formula is C26H33F2NO4S. The third kappa shape index (κ3) is 6.02. The summed E-state index contributed by atoms with van der Waals surface area (Å²) >= 11 is 0. The van der Waals surface area contributed by atoms with Crippen molar-refractivity contribution in [2.24, 2.45) is 0 Å². The van der Waals surface area contributed by atoms with Crippen LogP contribution < -0.4 is 5.32 Å². The maximum Gasteiger partial charge on any atom is 0.328 e. The summed E-state index contributed by atoms with van der Waals surface area (Å²) in [7, 11) is -4.01. The smallest absolute Gasteiger partial charge is 0.328 e. The van der Waals surface area contributed by atoms with Crippen LogP contribution in [-0.4, -0.2) is 43.7 Å². The lowest BCUT2D eigenvalue weighted by Crippen LogP contribution is -2.55. The van der Waals surface area contributed by atoms with Gasteiger partial charge in [0.2, 0.25) is 5.92 Å². The van der Waals surface area contributed by atoms with Gasteiger partial charge in [-0.15, -0.1) is 0 Å². The first-order valence-corrected chi connectivity index (χ1v) is 13.0. The van der Waals surface area contributed by atoms with Crippen LogP contribution in [0.1, 0.15) is 52.5 Å². The standard InChI is InChI=1S/C26H33F2NO4S/c1-24(2,3)33-23(30)26(15-17-29-18-16-26)34(31,32)22-11-9-21(10-12-22)20-7-5-19(6-8-20)13-14-25(4,27)28/h5-12,29H,13-18H2,1-4H3. The molecule has 1 heterocycles. The fourth-order valence-corrected chi connectivity index (χ4v) is 6.01. The highest BCUT2D eigenvalue weighted by Gasteiger charge is 2.53. The highest BCUT2D eigenvalue weighted by molar-refractivity contribution is 7.93. The van der Waals surface area contributed by atoms with E-state index in [9.17, 15) is 22.0 Å². The Morgan fingerprint density at radius 3 is 1.91 bits per heavy atom. The second-order valence-corrected chi connectivity index (χ2v) is 12.3. The number of hydrogen-bond donors (Lipinski definition) is 1. The molecule has 8 heteroatoms. The van der Waals surface area contributed by atoms with Gasteiger partial charge in [-0.25, -0.2) is 17.2 Å². The molecule has 5 nitrogen and oxygen atoms in total. The van der Waals surface area contributed by atoms with Gasteiger partial charge in [0.1, 0.15) is 5.60 Å². The van der Waals surface area contributed by atoms with Crippen molar-refractivity contribution in [2.45, 2.75) is 74.5 Å². The van der Waals surface area contributed by atoms with E-state index in [1.165, 1.54) is 12.1 Å². The van der Waals surface area contributed by atoms with Crippen molar-refractivity contribution in [1.29, 1.82) is 0 Å². The summed E-state index contributed by atoms with van der Waals surface area (Å²) in [6, 6.07) is 13.7. The maximum absolute atomic E-state index is 13.7. The monoisotopic (exact) mass is 493 g/mol. The molecule has 34 heavy (non-hydrogen) atoms. The van der Waals surface area contributed by atoms with Crippen LogP contribution in [0.2, 0.25) is 0 Å². The topological polar surface area (TPSA) is 72.5 Å². The highest BCUT2D eigenvalue weighted by atomic mass is 32.2. The highest BCUT2D eigenvalue weighted by Crippen LogP contribution is 2.37. The molecule has 0 bridgehead atoms. The molecular weight excluding hydrogens is 460 g/mol. The fraction of sp³-hybridized carbons (Fsp3) is 0.500. The number of carbonyl (C=O) groups is 1. The van der Waals surface area contributed by atoms with Crippen LogP contribution in [-0.2, 0) is 25.8 Å². The van der Waals surface area contributed by atoms with E-state index in [1.54, 1.807) is 45.0 Å². The predicted molar refractivity (Wildman–Crippen MR) is 129 cm³/mol. The Labute approximate surface area is 200 Å². The van der Waals surface area contributed by atoms with Crippen molar-refractivity contribution in [1.82, 2.24) is 5.32 Å². The Balaban J connectivity index is 1.85. The minimum absolute atomic E-state index is 0.0748. The molecule has 1 aliphatic heterocycles. The van der Waals surface area contributed by atoms with E-state index in [0.717, 1.165) is 23.6 Å². The number of alkyl halides is 2. The molecule has 2 aromatic rings. The van der Waals surface area contributed by atoms with Crippen LogP contribution >= 0.6 is 0 Å². The summed E-state index contributed by atoms with van der Waals surface area (Å²) in [6.45, 7) is 6.90. The quantitative estimate of drug-likeness (QED) is 0.538. The lowest BCUT2D eigenvalue weighted by Gasteiger charge is -2.36. The van der Waals surface area contributed by atoms with Gasteiger partial charge in [-0.2, -0.15) is 0 Å². The number of sulfone groups is 1. The zero-order valence-corrected chi connectivity index (χ0v) is 21.0. The molecule has 0 aliphatic carbocycles. The lowest BCUT2D eigenvalue weighted by atomic mass is 9.96. The molecule has 1 aliphatic rings. The Morgan fingerprint density at radius 2 is 1.44 bits per heavy atom. The van der Waals surface area contributed by atoms with Gasteiger partial charge in [0.05, 0.1) is 4.90 Å². The van der Waals surface area contributed by atoms with Crippen molar-refractivity contribution in [2.75, 3.05) is 13.1 Å². The largest absolute Gasteiger partial charge is 0.459 e. The third-order valence-corrected chi connectivity index (χ3v) is 8.50. The van der Waals surface area contributed by atoms with Crippen LogP contribution in [0, 0.1) is 0 Å². The number of ether oxygens (including phenoxy) is 1. The molecule has 0 amide bonds. The second-order valence-electron chi connectivity index (χ2n) is 10.0.